The van der Waals surface area contributed by atoms with Crippen molar-refractivity contribution >= 4 is 0 Å². The van der Waals surface area contributed by atoms with E-state index in [1.165, 1.54) is 0 Å². The van der Waals surface area contributed by atoms with Crippen molar-refractivity contribution < 1.29 is 155 Å². The van der Waals surface area contributed by atoms with Gasteiger partial charge in [-0.2, -0.15) is 140 Å². The number of alkyl halides is 33. The molecule has 53 heavy (non-hydrogen) atoms. The van der Waals surface area contributed by atoms with E-state index in [4.69, 9.17) is 10.2 Å². The minimum atomic E-state index is -10.2. The lowest BCUT2D eigenvalue weighted by Crippen LogP contribution is -2.80. The van der Waals surface area contributed by atoms with E-state index in [1.54, 1.807) is 0 Å². The number of rotatable bonds is 17. The van der Waals surface area contributed by atoms with E-state index < -0.39 is 108 Å². The van der Waals surface area contributed by atoms with E-state index in [2.05, 4.69) is 0 Å². The minimum Gasteiger partial charge on any atom is -0.390 e. The Kier molecular flexibility index (Phi) is 11.7. The zero-order chi connectivity index (χ0) is 44.3. The first kappa shape index (κ1) is 50.6. The van der Waals surface area contributed by atoms with E-state index in [0.717, 1.165) is 0 Å². The fraction of sp³-hybridized carbons (Fsp3) is 1.00. The molecule has 0 rings (SSSR count). The summed E-state index contributed by atoms with van der Waals surface area (Å²) in [6.45, 7) is -3.94. The zero-order valence-corrected chi connectivity index (χ0v) is 22.7. The number of aliphatic hydroxyl groups is 2. The molecule has 0 radical (unpaired) electrons. The maximum Gasteiger partial charge on any atom is 0.385 e. The topological polar surface area (TPSA) is 40.5 Å². The summed E-state index contributed by atoms with van der Waals surface area (Å²) in [5.41, 5.74) is 0. The Balaban J connectivity index is 7.76. The molecule has 0 aromatic heterocycles. The molecule has 0 aromatic carbocycles. The van der Waals surface area contributed by atoms with Crippen molar-refractivity contribution in [3.8, 4) is 0 Å². The Labute approximate surface area is 264 Å². The smallest absolute Gasteiger partial charge is 0.385 e. The van der Waals surface area contributed by atoms with Gasteiger partial charge >= 0.3 is 94.8 Å². The Morgan fingerprint density at radius 2 is 0.396 bits per heavy atom. The van der Waals surface area contributed by atoms with Crippen molar-refractivity contribution in [2.45, 2.75) is 101 Å². The number of halogens is 33. The molecule has 0 aliphatic heterocycles. The molecule has 0 aliphatic carbocycles. The van der Waals surface area contributed by atoms with Crippen LogP contribution in [0.5, 0.6) is 0 Å². The highest BCUT2D eigenvalue weighted by molar-refractivity contribution is 5.22. The second-order valence-corrected chi connectivity index (χ2v) is 9.86. The van der Waals surface area contributed by atoms with Gasteiger partial charge in [0.25, 0.3) is 6.36 Å². The highest BCUT2D eigenvalue weighted by atomic mass is 19.4. The van der Waals surface area contributed by atoms with Crippen molar-refractivity contribution in [1.82, 2.24) is 0 Å². The molecule has 35 heteroatoms. The average molecular weight is 880 g/mol. The molecule has 0 bridgehead atoms. The molecule has 0 saturated carbocycles. The van der Waals surface area contributed by atoms with Crippen LogP contribution in [-0.2, 0) is 0 Å². The lowest BCUT2D eigenvalue weighted by molar-refractivity contribution is -0.490. The summed E-state index contributed by atoms with van der Waals surface area (Å²) in [7, 11) is 0. The van der Waals surface area contributed by atoms with Crippen LogP contribution < -0.4 is 0 Å². The van der Waals surface area contributed by atoms with E-state index in [-0.39, 0.29) is 0 Å². The fourth-order valence-electron chi connectivity index (χ4n) is 3.05. The molecule has 1 atom stereocenters. The minimum absolute atomic E-state index is 3.94. The average Bonchev–Trinajstić information content (AvgIpc) is 2.95. The van der Waals surface area contributed by atoms with Gasteiger partial charge in [-0.25, -0.2) is 4.39 Å². The van der Waals surface area contributed by atoms with Crippen LogP contribution in [0.1, 0.15) is 0 Å². The van der Waals surface area contributed by atoms with Gasteiger partial charge in [-0.3, -0.25) is 0 Å². The summed E-state index contributed by atoms with van der Waals surface area (Å²) in [5.74, 6) is -152. The molecule has 0 aliphatic rings. The third-order valence-corrected chi connectivity index (χ3v) is 6.50. The van der Waals surface area contributed by atoms with Gasteiger partial charge < -0.3 is 10.2 Å². The zero-order valence-electron chi connectivity index (χ0n) is 22.7. The number of hydrogen-bond acceptors (Lipinski definition) is 2. The van der Waals surface area contributed by atoms with Gasteiger partial charge in [0, 0.05) is 0 Å². The van der Waals surface area contributed by atoms with E-state index >= 15 is 0 Å². The summed E-state index contributed by atoms with van der Waals surface area (Å²) < 4.78 is 445. The third-order valence-electron chi connectivity index (χ3n) is 6.50. The Bertz CT molecular complexity index is 1320. The van der Waals surface area contributed by atoms with Crippen molar-refractivity contribution in [2.24, 2.45) is 0 Å². The van der Waals surface area contributed by atoms with Crippen molar-refractivity contribution in [3.05, 3.63) is 0 Å². The molecular weight excluding hydrogens is 875 g/mol. The normalized spacial score (nSPS) is 17.7. The van der Waals surface area contributed by atoms with Gasteiger partial charge in [-0.1, -0.05) is 0 Å². The second kappa shape index (κ2) is 12.3. The molecule has 0 saturated heterocycles. The summed E-state index contributed by atoms with van der Waals surface area (Å²) in [4.78, 5) is 0. The fourth-order valence-corrected chi connectivity index (χ4v) is 3.05. The first-order valence-electron chi connectivity index (χ1n) is 11.2. The monoisotopic (exact) mass is 880 g/mol. The molecule has 0 heterocycles. The highest BCUT2D eigenvalue weighted by Gasteiger charge is 3.01. The van der Waals surface area contributed by atoms with Gasteiger partial charge in [-0.05, 0) is 0 Å². The molecule has 320 valence electrons. The molecule has 0 amide bonds. The van der Waals surface area contributed by atoms with Crippen LogP contribution in [0.15, 0.2) is 0 Å². The van der Waals surface area contributed by atoms with E-state index in [9.17, 15) is 145 Å². The van der Waals surface area contributed by atoms with Crippen molar-refractivity contribution in [3.63, 3.8) is 0 Å². The largest absolute Gasteiger partial charge is 0.390 e. The Morgan fingerprint density at radius 1 is 0.264 bits per heavy atom. The summed E-state index contributed by atoms with van der Waals surface area (Å²) in [6.07, 6.45) is -6.01. The predicted octanol–water partition coefficient (Wildman–Crippen LogP) is 9.43. The van der Waals surface area contributed by atoms with Crippen LogP contribution in [0.25, 0.3) is 0 Å². The molecule has 0 spiro atoms. The molecular formula is C18H5F33O2. The summed E-state index contributed by atoms with van der Waals surface area (Å²) in [6, 6.07) is 0. The Hall–Kier alpha value is -2.39. The van der Waals surface area contributed by atoms with Crippen LogP contribution in [0.3, 0.4) is 0 Å². The van der Waals surface area contributed by atoms with Crippen molar-refractivity contribution in [2.75, 3.05) is 6.61 Å². The molecule has 0 fully saturated rings. The summed E-state index contributed by atoms with van der Waals surface area (Å²) >= 11 is 0. The number of aliphatic hydroxyl groups excluding tert-OH is 2. The van der Waals surface area contributed by atoms with Crippen LogP contribution in [0.2, 0.25) is 0 Å². The maximum atomic E-state index is 13.8. The Morgan fingerprint density at radius 3 is 0.528 bits per heavy atom. The van der Waals surface area contributed by atoms with Crippen LogP contribution in [0, 0.1) is 0 Å². The van der Waals surface area contributed by atoms with Gasteiger partial charge in [0.15, 0.2) is 0 Å². The quantitative estimate of drug-likeness (QED) is 0.143. The lowest BCUT2D eigenvalue weighted by Gasteiger charge is -2.47. The molecule has 2 nitrogen and oxygen atoms in total. The van der Waals surface area contributed by atoms with Gasteiger partial charge in [0.1, 0.15) is 6.61 Å². The van der Waals surface area contributed by atoms with Crippen molar-refractivity contribution in [1.29, 1.82) is 0 Å². The molecule has 0 aromatic rings. The standard InChI is InChI=1S/C18H5F33O2/c19-2(53)4(22,23)6(26,27)8(30,31)10(34,35)12(38,39)14(42,43)16(46,47)18(50,51)17(48,49)15(44,45)13(40,41)11(36,37)9(32,33)7(28,29)5(24,25)3(20,21)1-52/h2,52-53H,1H2. The second-order valence-electron chi connectivity index (χ2n) is 9.86. The van der Waals surface area contributed by atoms with Gasteiger partial charge in [0.2, 0.25) is 0 Å². The van der Waals surface area contributed by atoms with Crippen LogP contribution in [0.4, 0.5) is 145 Å². The van der Waals surface area contributed by atoms with E-state index in [0.29, 0.717) is 0 Å². The number of hydrogen-bond donors (Lipinski definition) is 2. The van der Waals surface area contributed by atoms with Gasteiger partial charge in [-0.15, -0.1) is 0 Å². The first-order valence-corrected chi connectivity index (χ1v) is 11.2. The van der Waals surface area contributed by atoms with Gasteiger partial charge in [0.05, 0.1) is 0 Å². The molecule has 1 unspecified atom stereocenters. The predicted molar refractivity (Wildman–Crippen MR) is 93.4 cm³/mol. The lowest BCUT2D eigenvalue weighted by atomic mass is 9.82. The van der Waals surface area contributed by atoms with E-state index in [1.807, 2.05) is 0 Å². The first-order chi connectivity index (χ1) is 22.3. The molecule has 2 N–H and O–H groups in total. The third kappa shape index (κ3) is 5.61. The summed E-state index contributed by atoms with van der Waals surface area (Å²) in [5, 5.41) is 15.5. The maximum absolute atomic E-state index is 13.8. The SMILES string of the molecule is OCC(F)(F)C(F)(F)C(F)(F)C(F)(F)C(F)(F)C(F)(F)C(F)(F)C(F)(F)C(F)(F)C(F)(F)C(F)(F)C(F)(F)C(F)(F)C(F)(F)C(F)(F)C(F)(F)C(O)F. The highest BCUT2D eigenvalue weighted by Crippen LogP contribution is 2.70. The van der Waals surface area contributed by atoms with Crippen LogP contribution >= 0.6 is 0 Å². The van der Waals surface area contributed by atoms with Crippen LogP contribution in [-0.4, -0.2) is 118 Å².